The van der Waals surface area contributed by atoms with Crippen LogP contribution in [-0.2, 0) is 6.54 Å². The number of nitrogens with one attached hydrogen (secondary N) is 1. The van der Waals surface area contributed by atoms with E-state index in [1.807, 2.05) is 6.92 Å². The first-order valence-electron chi connectivity index (χ1n) is 6.09. The lowest BCUT2D eigenvalue weighted by Gasteiger charge is -2.13. The SMILES string of the molecule is Cc1cnc(CNc2ncnc(Cl)c2C(C)C)cn1. The van der Waals surface area contributed by atoms with E-state index in [-0.39, 0.29) is 5.92 Å². The second kappa shape index (κ2) is 5.93. The molecule has 0 spiro atoms. The van der Waals surface area contributed by atoms with Gasteiger partial charge in [-0.15, -0.1) is 0 Å². The first-order valence-corrected chi connectivity index (χ1v) is 6.47. The van der Waals surface area contributed by atoms with Crippen LogP contribution < -0.4 is 5.32 Å². The Labute approximate surface area is 117 Å². The minimum absolute atomic E-state index is 0.250. The summed E-state index contributed by atoms with van der Waals surface area (Å²) < 4.78 is 0. The molecule has 0 unspecified atom stereocenters. The molecule has 0 saturated carbocycles. The highest BCUT2D eigenvalue weighted by atomic mass is 35.5. The standard InChI is InChI=1S/C13H16ClN5/c1-8(2)11-12(14)18-7-19-13(11)17-6-10-5-15-9(3)4-16-10/h4-5,7-8H,6H2,1-3H3,(H,17,18,19). The van der Waals surface area contributed by atoms with E-state index in [1.165, 1.54) is 6.33 Å². The van der Waals surface area contributed by atoms with Gasteiger partial charge in [0.25, 0.3) is 0 Å². The average Bonchev–Trinajstić information content (AvgIpc) is 2.37. The minimum Gasteiger partial charge on any atom is -0.364 e. The van der Waals surface area contributed by atoms with Gasteiger partial charge in [-0.05, 0) is 12.8 Å². The Morgan fingerprint density at radius 1 is 1.16 bits per heavy atom. The Hall–Kier alpha value is -1.75. The number of rotatable bonds is 4. The van der Waals surface area contributed by atoms with Crippen molar-refractivity contribution in [3.05, 3.63) is 40.8 Å². The van der Waals surface area contributed by atoms with E-state index in [9.17, 15) is 0 Å². The molecule has 2 rings (SSSR count). The number of anilines is 1. The van der Waals surface area contributed by atoms with E-state index in [0.717, 1.165) is 22.8 Å². The van der Waals surface area contributed by atoms with Gasteiger partial charge in [-0.2, -0.15) is 0 Å². The first kappa shape index (κ1) is 13.7. The van der Waals surface area contributed by atoms with E-state index < -0.39 is 0 Å². The zero-order chi connectivity index (χ0) is 13.8. The number of nitrogens with zero attached hydrogens (tertiary/aromatic N) is 4. The van der Waals surface area contributed by atoms with Crippen molar-refractivity contribution >= 4 is 17.4 Å². The maximum Gasteiger partial charge on any atom is 0.138 e. The lowest BCUT2D eigenvalue weighted by atomic mass is 10.1. The Bertz CT molecular complexity index is 553. The molecule has 0 radical (unpaired) electrons. The zero-order valence-corrected chi connectivity index (χ0v) is 11.9. The highest BCUT2D eigenvalue weighted by molar-refractivity contribution is 6.30. The zero-order valence-electron chi connectivity index (χ0n) is 11.2. The van der Waals surface area contributed by atoms with Crippen LogP contribution in [0.4, 0.5) is 5.82 Å². The van der Waals surface area contributed by atoms with Crippen molar-refractivity contribution in [2.24, 2.45) is 0 Å². The van der Waals surface area contributed by atoms with Gasteiger partial charge in [0.2, 0.25) is 0 Å². The molecule has 0 aliphatic rings. The molecule has 19 heavy (non-hydrogen) atoms. The Morgan fingerprint density at radius 3 is 2.58 bits per heavy atom. The maximum absolute atomic E-state index is 6.11. The topological polar surface area (TPSA) is 63.6 Å². The van der Waals surface area contributed by atoms with Crippen LogP contribution in [-0.4, -0.2) is 19.9 Å². The number of hydrogen-bond donors (Lipinski definition) is 1. The minimum atomic E-state index is 0.250. The molecular weight excluding hydrogens is 262 g/mol. The van der Waals surface area contributed by atoms with Gasteiger partial charge < -0.3 is 5.32 Å². The highest BCUT2D eigenvalue weighted by Gasteiger charge is 2.13. The molecule has 0 saturated heterocycles. The van der Waals surface area contributed by atoms with Gasteiger partial charge in [0.05, 0.1) is 24.1 Å². The van der Waals surface area contributed by atoms with Crippen molar-refractivity contribution in [2.75, 3.05) is 5.32 Å². The summed E-state index contributed by atoms with van der Waals surface area (Å²) in [6.45, 7) is 6.58. The van der Waals surface area contributed by atoms with Crippen LogP contribution in [0.15, 0.2) is 18.7 Å². The molecule has 0 aliphatic heterocycles. The molecule has 2 aromatic rings. The molecular formula is C13H16ClN5. The van der Waals surface area contributed by atoms with Crippen LogP contribution in [0.1, 0.15) is 36.7 Å². The second-order valence-electron chi connectivity index (χ2n) is 4.58. The lowest BCUT2D eigenvalue weighted by molar-refractivity contribution is 0.842. The highest BCUT2D eigenvalue weighted by Crippen LogP contribution is 2.27. The molecule has 6 heteroatoms. The summed E-state index contributed by atoms with van der Waals surface area (Å²) >= 11 is 6.11. The maximum atomic E-state index is 6.11. The van der Waals surface area contributed by atoms with Gasteiger partial charge in [0.15, 0.2) is 0 Å². The first-order chi connectivity index (χ1) is 9.08. The number of aromatic nitrogens is 4. The fourth-order valence-corrected chi connectivity index (χ4v) is 2.06. The van der Waals surface area contributed by atoms with Gasteiger partial charge in [0.1, 0.15) is 17.3 Å². The molecule has 0 fully saturated rings. The van der Waals surface area contributed by atoms with Crippen molar-refractivity contribution in [1.82, 2.24) is 19.9 Å². The molecule has 0 bridgehead atoms. The smallest absolute Gasteiger partial charge is 0.138 e. The molecule has 0 aliphatic carbocycles. The van der Waals surface area contributed by atoms with E-state index in [2.05, 4.69) is 39.1 Å². The molecule has 0 atom stereocenters. The third-order valence-electron chi connectivity index (χ3n) is 2.68. The molecule has 5 nitrogen and oxygen atoms in total. The molecule has 2 aromatic heterocycles. The van der Waals surface area contributed by atoms with Gasteiger partial charge in [-0.1, -0.05) is 25.4 Å². The largest absolute Gasteiger partial charge is 0.364 e. The average molecular weight is 278 g/mol. The third kappa shape index (κ3) is 3.38. The summed E-state index contributed by atoms with van der Waals surface area (Å²) in [6, 6.07) is 0. The van der Waals surface area contributed by atoms with Crippen LogP contribution in [0.2, 0.25) is 5.15 Å². The van der Waals surface area contributed by atoms with E-state index in [0.29, 0.717) is 11.7 Å². The summed E-state index contributed by atoms with van der Waals surface area (Å²) in [5.41, 5.74) is 2.68. The quantitative estimate of drug-likeness (QED) is 0.871. The van der Waals surface area contributed by atoms with Crippen molar-refractivity contribution in [3.8, 4) is 0 Å². The number of halogens is 1. The van der Waals surface area contributed by atoms with Crippen LogP contribution in [0.5, 0.6) is 0 Å². The summed E-state index contributed by atoms with van der Waals surface area (Å²) in [7, 11) is 0. The molecule has 2 heterocycles. The van der Waals surface area contributed by atoms with E-state index >= 15 is 0 Å². The van der Waals surface area contributed by atoms with Gasteiger partial charge in [-0.3, -0.25) is 9.97 Å². The Balaban J connectivity index is 2.15. The summed E-state index contributed by atoms with van der Waals surface area (Å²) in [6.07, 6.45) is 4.95. The fourth-order valence-electron chi connectivity index (χ4n) is 1.71. The Kier molecular flexibility index (Phi) is 4.27. The summed E-state index contributed by atoms with van der Waals surface area (Å²) in [4.78, 5) is 16.7. The lowest BCUT2D eigenvalue weighted by Crippen LogP contribution is -2.08. The van der Waals surface area contributed by atoms with Crippen LogP contribution >= 0.6 is 11.6 Å². The van der Waals surface area contributed by atoms with Crippen molar-refractivity contribution in [2.45, 2.75) is 33.2 Å². The van der Waals surface area contributed by atoms with Gasteiger partial charge in [-0.25, -0.2) is 9.97 Å². The number of hydrogen-bond acceptors (Lipinski definition) is 5. The third-order valence-corrected chi connectivity index (χ3v) is 2.99. The molecule has 0 amide bonds. The van der Waals surface area contributed by atoms with Crippen LogP contribution in [0.3, 0.4) is 0 Å². The fraction of sp³-hybridized carbons (Fsp3) is 0.385. The second-order valence-corrected chi connectivity index (χ2v) is 4.94. The van der Waals surface area contributed by atoms with Gasteiger partial charge in [0, 0.05) is 11.8 Å². The normalized spacial score (nSPS) is 10.8. The van der Waals surface area contributed by atoms with Crippen LogP contribution in [0.25, 0.3) is 0 Å². The molecule has 0 aromatic carbocycles. The number of aryl methyl sites for hydroxylation is 1. The predicted molar refractivity (Wildman–Crippen MR) is 75.2 cm³/mol. The molecule has 100 valence electrons. The van der Waals surface area contributed by atoms with Crippen LogP contribution in [0, 0.1) is 6.92 Å². The summed E-state index contributed by atoms with van der Waals surface area (Å²) in [5, 5.41) is 3.72. The predicted octanol–water partition coefficient (Wildman–Crippen LogP) is 2.96. The van der Waals surface area contributed by atoms with Crippen molar-refractivity contribution < 1.29 is 0 Å². The molecule has 1 N–H and O–H groups in total. The van der Waals surface area contributed by atoms with E-state index in [1.54, 1.807) is 12.4 Å². The monoisotopic (exact) mass is 277 g/mol. The Morgan fingerprint density at radius 2 is 1.95 bits per heavy atom. The van der Waals surface area contributed by atoms with Crippen molar-refractivity contribution in [3.63, 3.8) is 0 Å². The van der Waals surface area contributed by atoms with Gasteiger partial charge >= 0.3 is 0 Å². The summed E-state index contributed by atoms with van der Waals surface area (Å²) in [5.74, 6) is 0.998. The van der Waals surface area contributed by atoms with E-state index in [4.69, 9.17) is 11.6 Å². The van der Waals surface area contributed by atoms with Crippen molar-refractivity contribution in [1.29, 1.82) is 0 Å².